The highest BCUT2D eigenvalue weighted by molar-refractivity contribution is 6.01. The van der Waals surface area contributed by atoms with Crippen LogP contribution in [0.15, 0.2) is 60.7 Å². The molecule has 2 heterocycles. The number of halogens is 1. The minimum absolute atomic E-state index is 0.0529. The largest absolute Gasteiger partial charge is 0.350 e. The first-order valence-corrected chi connectivity index (χ1v) is 10.5. The normalized spacial score (nSPS) is 17.4. The Balaban J connectivity index is 1.47. The van der Waals surface area contributed by atoms with Gasteiger partial charge in [-0.3, -0.25) is 19.1 Å². The maximum atomic E-state index is 13.3. The van der Waals surface area contributed by atoms with E-state index in [0.29, 0.717) is 12.1 Å². The second kappa shape index (κ2) is 8.85. The molecule has 3 aromatic rings. The van der Waals surface area contributed by atoms with Crippen LogP contribution in [0.3, 0.4) is 0 Å². The molecule has 2 N–H and O–H groups in total. The van der Waals surface area contributed by atoms with Gasteiger partial charge in [0, 0.05) is 26.2 Å². The summed E-state index contributed by atoms with van der Waals surface area (Å²) >= 11 is 0. The minimum Gasteiger partial charge on any atom is -0.350 e. The SMILES string of the molecule is CN1C(=O)c2cc(C(=O)NCc3cccc(F)c3)nn2CC1(C)C(=O)NCc1ccccc1. The molecule has 4 rings (SSSR count). The van der Waals surface area contributed by atoms with Crippen LogP contribution in [0, 0.1) is 5.82 Å². The Bertz CT molecular complexity index is 1210. The van der Waals surface area contributed by atoms with Crippen molar-refractivity contribution in [3.63, 3.8) is 0 Å². The summed E-state index contributed by atoms with van der Waals surface area (Å²) in [6, 6.07) is 16.8. The molecule has 0 saturated heterocycles. The Kier molecular flexibility index (Phi) is 5.95. The molecule has 170 valence electrons. The van der Waals surface area contributed by atoms with Crippen LogP contribution >= 0.6 is 0 Å². The number of carbonyl (C=O) groups excluding carboxylic acids is 3. The molecule has 0 bridgehead atoms. The molecule has 0 spiro atoms. The minimum atomic E-state index is -1.18. The monoisotopic (exact) mass is 449 g/mol. The Hall–Kier alpha value is -4.01. The van der Waals surface area contributed by atoms with Gasteiger partial charge in [0.2, 0.25) is 5.91 Å². The molecule has 2 aromatic carbocycles. The molecular weight excluding hydrogens is 425 g/mol. The zero-order valence-corrected chi connectivity index (χ0v) is 18.3. The topological polar surface area (TPSA) is 96.3 Å². The predicted octanol–water partition coefficient (Wildman–Crippen LogP) is 2.11. The molecular formula is C24H24FN5O3. The summed E-state index contributed by atoms with van der Waals surface area (Å²) in [5.41, 5.74) is 0.640. The number of fused-ring (bicyclic) bond motifs is 1. The third-order valence-electron chi connectivity index (χ3n) is 5.86. The van der Waals surface area contributed by atoms with Gasteiger partial charge in [0.1, 0.15) is 17.1 Å². The lowest BCUT2D eigenvalue weighted by atomic mass is 9.96. The first kappa shape index (κ1) is 22.2. The number of nitrogens with one attached hydrogen (secondary N) is 2. The molecule has 0 saturated carbocycles. The van der Waals surface area contributed by atoms with Crippen molar-refractivity contribution < 1.29 is 18.8 Å². The molecule has 0 radical (unpaired) electrons. The van der Waals surface area contributed by atoms with Gasteiger partial charge < -0.3 is 15.5 Å². The zero-order chi connectivity index (χ0) is 23.6. The number of benzene rings is 2. The lowest BCUT2D eigenvalue weighted by Crippen LogP contribution is -2.62. The number of hydrogen-bond donors (Lipinski definition) is 2. The molecule has 0 aliphatic carbocycles. The van der Waals surface area contributed by atoms with Gasteiger partial charge in [-0.05, 0) is 30.2 Å². The van der Waals surface area contributed by atoms with Gasteiger partial charge in [-0.1, -0.05) is 42.5 Å². The van der Waals surface area contributed by atoms with Gasteiger partial charge in [0.25, 0.3) is 11.8 Å². The van der Waals surface area contributed by atoms with E-state index in [2.05, 4.69) is 15.7 Å². The first-order valence-electron chi connectivity index (χ1n) is 10.5. The van der Waals surface area contributed by atoms with Crippen LogP contribution in [-0.2, 0) is 24.4 Å². The van der Waals surface area contributed by atoms with Crippen molar-refractivity contribution in [2.75, 3.05) is 7.05 Å². The third kappa shape index (κ3) is 4.48. The van der Waals surface area contributed by atoms with Crippen LogP contribution < -0.4 is 10.6 Å². The second-order valence-corrected chi connectivity index (χ2v) is 8.19. The van der Waals surface area contributed by atoms with Crippen molar-refractivity contribution >= 4 is 17.7 Å². The molecule has 0 fully saturated rings. The molecule has 1 aromatic heterocycles. The van der Waals surface area contributed by atoms with Gasteiger partial charge in [0.05, 0.1) is 6.54 Å². The highest BCUT2D eigenvalue weighted by Crippen LogP contribution is 2.26. The first-order chi connectivity index (χ1) is 15.8. The molecule has 3 amide bonds. The molecule has 8 nitrogen and oxygen atoms in total. The average molecular weight is 449 g/mol. The highest BCUT2D eigenvalue weighted by atomic mass is 19.1. The Morgan fingerprint density at radius 3 is 2.45 bits per heavy atom. The quantitative estimate of drug-likeness (QED) is 0.603. The molecule has 33 heavy (non-hydrogen) atoms. The number of hydrogen-bond acceptors (Lipinski definition) is 4. The number of aromatic nitrogens is 2. The van der Waals surface area contributed by atoms with Crippen molar-refractivity contribution in [2.24, 2.45) is 0 Å². The predicted molar refractivity (Wildman–Crippen MR) is 119 cm³/mol. The lowest BCUT2D eigenvalue weighted by molar-refractivity contribution is -0.132. The molecule has 1 unspecified atom stereocenters. The third-order valence-corrected chi connectivity index (χ3v) is 5.86. The highest BCUT2D eigenvalue weighted by Gasteiger charge is 2.46. The summed E-state index contributed by atoms with van der Waals surface area (Å²) in [7, 11) is 1.56. The Labute approximate surface area is 190 Å². The summed E-state index contributed by atoms with van der Waals surface area (Å²) in [4.78, 5) is 40.0. The number of nitrogens with zero attached hydrogens (tertiary/aromatic N) is 3. The summed E-state index contributed by atoms with van der Waals surface area (Å²) in [6.45, 7) is 2.21. The van der Waals surface area contributed by atoms with Crippen LogP contribution in [0.1, 0.15) is 39.0 Å². The smallest absolute Gasteiger partial charge is 0.272 e. The van der Waals surface area contributed by atoms with Crippen LogP contribution in [-0.4, -0.2) is 45.0 Å². The maximum absolute atomic E-state index is 13.3. The van der Waals surface area contributed by atoms with Gasteiger partial charge in [0.15, 0.2) is 5.69 Å². The number of carbonyl (C=O) groups is 3. The van der Waals surface area contributed by atoms with Crippen LogP contribution in [0.2, 0.25) is 0 Å². The van der Waals surface area contributed by atoms with Crippen molar-refractivity contribution in [3.8, 4) is 0 Å². The fourth-order valence-electron chi connectivity index (χ4n) is 3.73. The Morgan fingerprint density at radius 1 is 1.03 bits per heavy atom. The van der Waals surface area contributed by atoms with Crippen LogP contribution in [0.25, 0.3) is 0 Å². The molecule has 9 heteroatoms. The van der Waals surface area contributed by atoms with E-state index in [1.807, 2.05) is 30.3 Å². The van der Waals surface area contributed by atoms with Crippen molar-refractivity contribution in [1.82, 2.24) is 25.3 Å². The standard InChI is InChI=1S/C24H24FN5O3/c1-24(23(33)27-13-16-7-4-3-5-8-16)15-30-20(22(32)29(24)2)12-19(28-30)21(31)26-14-17-9-6-10-18(25)11-17/h3-12H,13-15H2,1-2H3,(H,26,31)(H,27,33). The van der Waals surface area contributed by atoms with Crippen molar-refractivity contribution in [2.45, 2.75) is 32.1 Å². The second-order valence-electron chi connectivity index (χ2n) is 8.19. The van der Waals surface area contributed by atoms with Gasteiger partial charge in [-0.15, -0.1) is 0 Å². The lowest BCUT2D eigenvalue weighted by Gasteiger charge is -2.40. The van der Waals surface area contributed by atoms with E-state index in [1.165, 1.54) is 27.8 Å². The van der Waals surface area contributed by atoms with Gasteiger partial charge >= 0.3 is 0 Å². The maximum Gasteiger partial charge on any atom is 0.272 e. The van der Waals surface area contributed by atoms with E-state index in [0.717, 1.165) is 5.56 Å². The van der Waals surface area contributed by atoms with E-state index in [-0.39, 0.29) is 30.4 Å². The summed E-state index contributed by atoms with van der Waals surface area (Å²) < 4.78 is 14.7. The Morgan fingerprint density at radius 2 is 1.73 bits per heavy atom. The van der Waals surface area contributed by atoms with Gasteiger partial charge in [-0.2, -0.15) is 5.10 Å². The van der Waals surface area contributed by atoms with E-state index < -0.39 is 23.2 Å². The summed E-state index contributed by atoms with van der Waals surface area (Å²) in [5, 5.41) is 9.82. The van der Waals surface area contributed by atoms with Crippen LogP contribution in [0.5, 0.6) is 0 Å². The number of rotatable bonds is 6. The van der Waals surface area contributed by atoms with E-state index >= 15 is 0 Å². The van der Waals surface area contributed by atoms with Crippen molar-refractivity contribution in [1.29, 1.82) is 0 Å². The fraction of sp³-hybridized carbons (Fsp3) is 0.250. The fourth-order valence-corrected chi connectivity index (χ4v) is 3.73. The van der Waals surface area contributed by atoms with Crippen molar-refractivity contribution in [3.05, 3.63) is 89.0 Å². The average Bonchev–Trinajstić information content (AvgIpc) is 3.24. The van der Waals surface area contributed by atoms with Gasteiger partial charge in [-0.25, -0.2) is 4.39 Å². The molecule has 1 aliphatic heterocycles. The summed E-state index contributed by atoms with van der Waals surface area (Å²) in [6.07, 6.45) is 0. The molecule has 1 atom stereocenters. The van der Waals surface area contributed by atoms with Crippen LogP contribution in [0.4, 0.5) is 4.39 Å². The molecule has 1 aliphatic rings. The van der Waals surface area contributed by atoms with E-state index in [4.69, 9.17) is 0 Å². The summed E-state index contributed by atoms with van der Waals surface area (Å²) in [5.74, 6) is -1.61. The van der Waals surface area contributed by atoms with E-state index in [9.17, 15) is 18.8 Å². The number of likely N-dealkylation sites (N-methyl/N-ethyl adjacent to an activating group) is 1. The zero-order valence-electron chi connectivity index (χ0n) is 18.3. The number of amides is 3. The van der Waals surface area contributed by atoms with E-state index in [1.54, 1.807) is 26.1 Å².